The fourth-order valence-electron chi connectivity index (χ4n) is 7.06. The lowest BCUT2D eigenvalue weighted by Crippen LogP contribution is -2.54. The molecule has 1 fully saturated rings. The Morgan fingerprint density at radius 2 is 1.56 bits per heavy atom. The van der Waals surface area contributed by atoms with E-state index in [9.17, 15) is 43.1 Å². The molecule has 0 bridgehead atoms. The van der Waals surface area contributed by atoms with Crippen LogP contribution in [0, 0.1) is 23.0 Å². The van der Waals surface area contributed by atoms with Crippen molar-refractivity contribution in [3.8, 4) is 11.1 Å². The Morgan fingerprint density at radius 1 is 0.885 bits per heavy atom. The van der Waals surface area contributed by atoms with Gasteiger partial charge >= 0.3 is 5.97 Å². The van der Waals surface area contributed by atoms with E-state index in [1.807, 2.05) is 55.7 Å². The van der Waals surface area contributed by atoms with E-state index in [0.29, 0.717) is 22.9 Å². The molecule has 17 heteroatoms. The van der Waals surface area contributed by atoms with Gasteiger partial charge in [0, 0.05) is 68.3 Å². The highest BCUT2D eigenvalue weighted by Crippen LogP contribution is 2.41. The van der Waals surface area contributed by atoms with Crippen LogP contribution in [-0.4, -0.2) is 92.8 Å². The SMILES string of the molecule is CC(C)[C@H](NC(=O)CCCC(=O)ON1C(=O)CCC1=O)C(=O)N[C@@H](C)C(=O)NCCCN(C(=O)CO)[C@@H](c1cc(-c2cc(F)ccc2F)cn1Cc1ccccc1)C(C)(C)C. The number of amides is 6. The van der Waals surface area contributed by atoms with Crippen LogP contribution in [0.5, 0.6) is 0 Å². The Hall–Kier alpha value is -5.97. The molecule has 2 heterocycles. The Kier molecular flexibility index (Phi) is 16.8. The lowest BCUT2D eigenvalue weighted by molar-refractivity contribution is -0.197. The highest BCUT2D eigenvalue weighted by Gasteiger charge is 2.37. The summed E-state index contributed by atoms with van der Waals surface area (Å²) in [7, 11) is 0. The molecule has 1 aromatic heterocycles. The molecule has 3 aromatic rings. The smallest absolute Gasteiger partial charge is 0.333 e. The molecule has 0 spiro atoms. The van der Waals surface area contributed by atoms with Crippen LogP contribution < -0.4 is 16.0 Å². The molecule has 15 nitrogen and oxygen atoms in total. The van der Waals surface area contributed by atoms with Gasteiger partial charge in [-0.05, 0) is 60.9 Å². The van der Waals surface area contributed by atoms with Crippen LogP contribution >= 0.6 is 0 Å². The van der Waals surface area contributed by atoms with Gasteiger partial charge in [-0.2, -0.15) is 0 Å². The second kappa shape index (κ2) is 21.5. The van der Waals surface area contributed by atoms with E-state index < -0.39 is 83.2 Å². The van der Waals surface area contributed by atoms with Gasteiger partial charge in [0.25, 0.3) is 11.8 Å². The molecule has 0 aliphatic carbocycles. The number of aliphatic hydroxyl groups excluding tert-OH is 1. The Balaban J connectivity index is 1.38. The van der Waals surface area contributed by atoms with E-state index in [0.717, 1.165) is 23.8 Å². The Labute approximate surface area is 354 Å². The molecule has 1 saturated heterocycles. The van der Waals surface area contributed by atoms with Crippen molar-refractivity contribution in [3.63, 3.8) is 0 Å². The van der Waals surface area contributed by atoms with Crippen molar-refractivity contribution in [2.45, 2.75) is 105 Å². The average Bonchev–Trinajstić information content (AvgIpc) is 3.75. The van der Waals surface area contributed by atoms with Crippen molar-refractivity contribution in [2.75, 3.05) is 19.7 Å². The fraction of sp³-hybridized carbons (Fsp3) is 0.477. The highest BCUT2D eigenvalue weighted by atomic mass is 19.1. The van der Waals surface area contributed by atoms with E-state index in [1.165, 1.54) is 11.8 Å². The maximum atomic E-state index is 15.1. The molecule has 0 unspecified atom stereocenters. The second-order valence-electron chi connectivity index (χ2n) is 16.5. The van der Waals surface area contributed by atoms with Gasteiger partial charge in [0.1, 0.15) is 30.3 Å². The van der Waals surface area contributed by atoms with Crippen molar-refractivity contribution in [2.24, 2.45) is 11.3 Å². The molecule has 1 aliphatic rings. The first kappa shape index (κ1) is 47.7. The number of carbonyl (C=O) groups is 7. The summed E-state index contributed by atoms with van der Waals surface area (Å²) in [4.78, 5) is 94.2. The topological polar surface area (TPSA) is 196 Å². The molecule has 4 N–H and O–H groups in total. The van der Waals surface area contributed by atoms with E-state index in [1.54, 1.807) is 26.1 Å². The number of halogens is 2. The van der Waals surface area contributed by atoms with Crippen molar-refractivity contribution >= 4 is 41.4 Å². The predicted octanol–water partition coefficient (Wildman–Crippen LogP) is 4.32. The number of rotatable bonds is 20. The third-order valence-corrected chi connectivity index (χ3v) is 10.1. The van der Waals surface area contributed by atoms with E-state index >= 15 is 4.39 Å². The van der Waals surface area contributed by atoms with Crippen LogP contribution in [0.4, 0.5) is 8.78 Å². The number of hydroxylamine groups is 2. The molecular weight excluding hydrogens is 795 g/mol. The predicted molar refractivity (Wildman–Crippen MR) is 219 cm³/mol. The quantitative estimate of drug-likeness (QED) is 0.0946. The Bertz CT molecular complexity index is 2050. The van der Waals surface area contributed by atoms with Crippen molar-refractivity contribution in [3.05, 3.63) is 83.7 Å². The minimum atomic E-state index is -1.02. The summed E-state index contributed by atoms with van der Waals surface area (Å²) in [6, 6.07) is 11.8. The summed E-state index contributed by atoms with van der Waals surface area (Å²) in [6.45, 7) is 10.4. The molecule has 61 heavy (non-hydrogen) atoms. The van der Waals surface area contributed by atoms with Crippen LogP contribution in [0.2, 0.25) is 0 Å². The third kappa shape index (κ3) is 13.3. The second-order valence-corrected chi connectivity index (χ2v) is 16.5. The number of nitrogens with zero attached hydrogens (tertiary/aromatic N) is 3. The maximum Gasteiger partial charge on any atom is 0.333 e. The van der Waals surface area contributed by atoms with E-state index in [-0.39, 0.29) is 63.1 Å². The molecular formula is C44H56F2N6O9. The number of hydrogen-bond acceptors (Lipinski definition) is 9. The molecule has 0 saturated carbocycles. The lowest BCUT2D eigenvalue weighted by atomic mass is 9.83. The van der Waals surface area contributed by atoms with Gasteiger partial charge in [-0.1, -0.05) is 65.0 Å². The van der Waals surface area contributed by atoms with Gasteiger partial charge in [-0.3, -0.25) is 28.8 Å². The zero-order valence-electron chi connectivity index (χ0n) is 35.5. The summed E-state index contributed by atoms with van der Waals surface area (Å²) in [6.07, 6.45) is 1.51. The van der Waals surface area contributed by atoms with Crippen LogP contribution in [-0.2, 0) is 44.9 Å². The summed E-state index contributed by atoms with van der Waals surface area (Å²) >= 11 is 0. The third-order valence-electron chi connectivity index (χ3n) is 10.1. The number of carbonyl (C=O) groups excluding carboxylic acids is 7. The first-order valence-corrected chi connectivity index (χ1v) is 20.3. The zero-order chi connectivity index (χ0) is 45.0. The summed E-state index contributed by atoms with van der Waals surface area (Å²) in [5.41, 5.74) is 1.38. The number of benzene rings is 2. The van der Waals surface area contributed by atoms with Gasteiger partial charge in [0.05, 0.1) is 6.04 Å². The largest absolute Gasteiger partial charge is 0.387 e. The van der Waals surface area contributed by atoms with Gasteiger partial charge < -0.3 is 35.4 Å². The molecule has 1 aliphatic heterocycles. The molecule has 3 atom stereocenters. The molecule has 4 rings (SSSR count). The minimum Gasteiger partial charge on any atom is -0.387 e. The number of aromatic nitrogens is 1. The minimum absolute atomic E-state index is 0.0281. The van der Waals surface area contributed by atoms with Crippen LogP contribution in [0.25, 0.3) is 11.1 Å². The van der Waals surface area contributed by atoms with Crippen molar-refractivity contribution in [1.29, 1.82) is 0 Å². The number of hydrogen-bond donors (Lipinski definition) is 4. The number of nitrogens with one attached hydrogen (secondary N) is 3. The average molecular weight is 851 g/mol. The van der Waals surface area contributed by atoms with Crippen LogP contribution in [0.1, 0.15) is 97.4 Å². The number of aliphatic hydroxyl groups is 1. The van der Waals surface area contributed by atoms with Gasteiger partial charge in [-0.25, -0.2) is 13.6 Å². The van der Waals surface area contributed by atoms with Crippen LogP contribution in [0.3, 0.4) is 0 Å². The first-order valence-electron chi connectivity index (χ1n) is 20.3. The molecule has 2 aromatic carbocycles. The van der Waals surface area contributed by atoms with Crippen molar-refractivity contribution < 1.29 is 52.3 Å². The van der Waals surface area contributed by atoms with Crippen LogP contribution in [0.15, 0.2) is 60.8 Å². The maximum absolute atomic E-state index is 15.1. The standard InChI is InChI=1S/C44H56F2N6O9/c1-27(2)40(49-35(54)14-10-15-39(58)61-52-36(55)18-19-37(52)56)43(60)48-28(3)42(59)47-20-11-21-51(38(57)26-53)41(44(4,5)6)34-22-30(32-23-31(45)16-17-33(32)46)25-50(34)24-29-12-8-7-9-13-29/h7-9,12-13,16-17,22-23,25,27-28,40-41,53H,10-11,14-15,18-21,24,26H2,1-6H3,(H,47,59)(H,48,60)(H,49,54)/t28-,40-,41-/m0/s1. The van der Waals surface area contributed by atoms with Gasteiger partial charge in [-0.15, -0.1) is 5.06 Å². The summed E-state index contributed by atoms with van der Waals surface area (Å²) in [5.74, 6) is -5.92. The van der Waals surface area contributed by atoms with Gasteiger partial charge in [0.2, 0.25) is 23.6 Å². The molecule has 330 valence electrons. The monoisotopic (exact) mass is 850 g/mol. The summed E-state index contributed by atoms with van der Waals surface area (Å²) < 4.78 is 31.3. The lowest BCUT2D eigenvalue weighted by Gasteiger charge is -2.41. The fourth-order valence-corrected chi connectivity index (χ4v) is 7.06. The summed E-state index contributed by atoms with van der Waals surface area (Å²) in [5, 5.41) is 18.6. The zero-order valence-corrected chi connectivity index (χ0v) is 35.5. The number of imide groups is 1. The van der Waals surface area contributed by atoms with Crippen molar-refractivity contribution in [1.82, 2.24) is 30.5 Å². The Morgan fingerprint density at radius 3 is 2.18 bits per heavy atom. The van der Waals surface area contributed by atoms with E-state index in [4.69, 9.17) is 4.84 Å². The molecule has 0 radical (unpaired) electrons. The first-order chi connectivity index (χ1) is 28.8. The van der Waals surface area contributed by atoms with E-state index in [2.05, 4.69) is 16.0 Å². The normalized spacial score (nSPS) is 14.4. The van der Waals surface area contributed by atoms with Gasteiger partial charge in [0.15, 0.2) is 0 Å². The molecule has 6 amide bonds. The highest BCUT2D eigenvalue weighted by molar-refractivity contribution is 6.01.